The van der Waals surface area contributed by atoms with Crippen LogP contribution < -0.4 is 19.5 Å². The summed E-state index contributed by atoms with van der Waals surface area (Å²) in [7, 11) is -2.91. The molecule has 0 spiro atoms. The van der Waals surface area contributed by atoms with E-state index < -0.39 is 44.6 Å². The molecule has 2 heterocycles. The molecule has 1 saturated heterocycles. The molecule has 0 radical (unpaired) electrons. The average molecular weight is 485 g/mol. The topological polar surface area (TPSA) is 112 Å². The molecule has 13 heteroatoms. The normalized spacial score (nSPS) is 18.8. The van der Waals surface area contributed by atoms with Crippen LogP contribution in [-0.4, -0.2) is 44.3 Å². The summed E-state index contributed by atoms with van der Waals surface area (Å²) in [5.74, 6) is -2.20. The number of morpholine rings is 1. The Labute approximate surface area is 186 Å². The molecule has 2 unspecified atom stereocenters. The summed E-state index contributed by atoms with van der Waals surface area (Å²) in [6, 6.07) is 7.83. The molecule has 0 aliphatic carbocycles. The van der Waals surface area contributed by atoms with Gasteiger partial charge in [-0.15, -0.1) is 0 Å². The summed E-state index contributed by atoms with van der Waals surface area (Å²) in [5.41, 5.74) is 0.709. The van der Waals surface area contributed by atoms with Crippen molar-refractivity contribution in [3.8, 4) is 11.5 Å². The number of nitrogens with zero attached hydrogens (tertiary/aromatic N) is 2. The first-order valence-corrected chi connectivity index (χ1v) is 11.6. The molecule has 1 aliphatic heterocycles. The molecule has 1 fully saturated rings. The Balaban J connectivity index is 1.60. The number of rotatable bonds is 7. The molecule has 32 heavy (non-hydrogen) atoms. The number of methoxy groups -OCH3 is 1. The Bertz CT molecular complexity index is 1190. The maximum absolute atomic E-state index is 14.8. The number of halogens is 2. The minimum atomic E-state index is -4.42. The van der Waals surface area contributed by atoms with Crippen molar-refractivity contribution in [1.82, 2.24) is 14.7 Å². The van der Waals surface area contributed by atoms with Crippen molar-refractivity contribution in [1.29, 1.82) is 0 Å². The van der Waals surface area contributed by atoms with Gasteiger partial charge in [0.1, 0.15) is 22.8 Å². The van der Waals surface area contributed by atoms with Gasteiger partial charge in [-0.2, -0.15) is 4.37 Å². The van der Waals surface area contributed by atoms with Gasteiger partial charge in [0.2, 0.25) is 11.4 Å². The molecule has 1 aliphatic rings. The predicted octanol–water partition coefficient (Wildman–Crippen LogP) is 2.69. The maximum atomic E-state index is 14.8. The van der Waals surface area contributed by atoms with E-state index in [2.05, 4.69) is 14.7 Å². The molecule has 170 valence electrons. The third-order valence-electron chi connectivity index (χ3n) is 4.60. The van der Waals surface area contributed by atoms with Gasteiger partial charge in [-0.1, -0.05) is 18.2 Å². The van der Waals surface area contributed by atoms with Crippen molar-refractivity contribution >= 4 is 26.7 Å². The molecule has 0 amide bonds. The highest BCUT2D eigenvalue weighted by molar-refractivity contribution is 7.93. The van der Waals surface area contributed by atoms with Crippen molar-refractivity contribution in [2.75, 3.05) is 25.0 Å². The molecule has 3 aromatic rings. The number of aromatic nitrogens is 2. The van der Waals surface area contributed by atoms with Gasteiger partial charge in [0.25, 0.3) is 10.0 Å². The number of para-hydroxylation sites is 1. The largest absolute Gasteiger partial charge is 0.496 e. The van der Waals surface area contributed by atoms with E-state index in [4.69, 9.17) is 14.2 Å². The Morgan fingerprint density at radius 3 is 2.78 bits per heavy atom. The van der Waals surface area contributed by atoms with Gasteiger partial charge in [-0.3, -0.25) is 4.72 Å². The van der Waals surface area contributed by atoms with Crippen LogP contribution in [0.4, 0.5) is 13.9 Å². The number of sulfonamides is 1. The molecular weight excluding hydrogens is 466 g/mol. The molecular formula is C19H18F2N4O5S2. The lowest BCUT2D eigenvalue weighted by Gasteiger charge is -2.33. The van der Waals surface area contributed by atoms with Crippen LogP contribution in [0.3, 0.4) is 0 Å². The van der Waals surface area contributed by atoms with Gasteiger partial charge in [0.05, 0.1) is 19.8 Å². The fourth-order valence-electron chi connectivity index (χ4n) is 3.18. The fraction of sp³-hybridized carbons (Fsp3) is 0.263. The number of benzene rings is 2. The molecule has 2 N–H and O–H groups in total. The molecule has 2 atom stereocenters. The number of nitrogens with one attached hydrogen (secondary N) is 2. The van der Waals surface area contributed by atoms with Crippen LogP contribution >= 0.6 is 11.5 Å². The Kier molecular flexibility index (Phi) is 6.50. The first kappa shape index (κ1) is 22.3. The Morgan fingerprint density at radius 1 is 1.22 bits per heavy atom. The molecule has 0 bridgehead atoms. The highest BCUT2D eigenvalue weighted by Crippen LogP contribution is 2.33. The van der Waals surface area contributed by atoms with Crippen molar-refractivity contribution in [3.63, 3.8) is 0 Å². The standard InChI is InChI=1S/C19H18F2N4O5S2/c1-28-14-5-3-2-4-11(14)17-18(29-7-6-22-17)30-15-8-13(21)16(9-12(15)20)32(26,27)25-19-23-10-24-31-19/h2-5,8-10,17-18,22H,6-7H2,1H3,(H,23,24,25). The van der Waals surface area contributed by atoms with Crippen molar-refractivity contribution in [2.45, 2.75) is 17.2 Å². The van der Waals surface area contributed by atoms with Crippen LogP contribution in [0.1, 0.15) is 11.6 Å². The van der Waals surface area contributed by atoms with Gasteiger partial charge >= 0.3 is 0 Å². The van der Waals surface area contributed by atoms with E-state index in [1.165, 1.54) is 7.11 Å². The first-order chi connectivity index (χ1) is 15.4. The Morgan fingerprint density at radius 2 is 2.03 bits per heavy atom. The monoisotopic (exact) mass is 484 g/mol. The van der Waals surface area contributed by atoms with Crippen molar-refractivity contribution in [3.05, 3.63) is 59.9 Å². The Hall–Kier alpha value is -2.87. The minimum absolute atomic E-state index is 0.0773. The zero-order valence-corrected chi connectivity index (χ0v) is 18.3. The van der Waals surface area contributed by atoms with E-state index in [-0.39, 0.29) is 11.7 Å². The molecule has 4 rings (SSSR count). The second kappa shape index (κ2) is 9.32. The van der Waals surface area contributed by atoms with Gasteiger partial charge < -0.3 is 19.5 Å². The number of hydrogen-bond donors (Lipinski definition) is 2. The van der Waals surface area contributed by atoms with E-state index in [1.54, 1.807) is 24.3 Å². The molecule has 2 aromatic carbocycles. The third kappa shape index (κ3) is 4.65. The second-order valence-corrected chi connectivity index (χ2v) is 9.03. The lowest BCUT2D eigenvalue weighted by Crippen LogP contribution is -2.45. The summed E-state index contributed by atoms with van der Waals surface area (Å²) in [5, 5.41) is 3.13. The quantitative estimate of drug-likeness (QED) is 0.527. The predicted molar refractivity (Wildman–Crippen MR) is 111 cm³/mol. The summed E-state index contributed by atoms with van der Waals surface area (Å²) < 4.78 is 76.6. The van der Waals surface area contributed by atoms with Gasteiger partial charge in [-0.25, -0.2) is 22.2 Å². The summed E-state index contributed by atoms with van der Waals surface area (Å²) >= 11 is 0.756. The van der Waals surface area contributed by atoms with Crippen LogP contribution in [0, 0.1) is 11.6 Å². The zero-order valence-electron chi connectivity index (χ0n) is 16.6. The SMILES string of the molecule is COc1ccccc1C1NCCOC1Oc1cc(F)c(S(=O)(=O)Nc2ncns2)cc1F. The van der Waals surface area contributed by atoms with Crippen LogP contribution in [0.25, 0.3) is 0 Å². The van der Waals surface area contributed by atoms with E-state index in [0.717, 1.165) is 17.9 Å². The van der Waals surface area contributed by atoms with E-state index >= 15 is 0 Å². The highest BCUT2D eigenvalue weighted by Gasteiger charge is 2.32. The molecule has 0 saturated carbocycles. The fourth-order valence-corrected chi connectivity index (χ4v) is 4.92. The number of hydrogen-bond acceptors (Lipinski definition) is 9. The average Bonchev–Trinajstić information content (AvgIpc) is 3.28. The van der Waals surface area contributed by atoms with Crippen LogP contribution in [-0.2, 0) is 14.8 Å². The zero-order chi connectivity index (χ0) is 22.7. The lowest BCUT2D eigenvalue weighted by atomic mass is 10.0. The van der Waals surface area contributed by atoms with Gasteiger partial charge in [-0.05, 0) is 6.07 Å². The van der Waals surface area contributed by atoms with Gasteiger partial charge in [0, 0.05) is 35.8 Å². The van der Waals surface area contributed by atoms with E-state index in [0.29, 0.717) is 30.0 Å². The van der Waals surface area contributed by atoms with E-state index in [1.807, 2.05) is 4.72 Å². The van der Waals surface area contributed by atoms with Crippen molar-refractivity contribution in [2.24, 2.45) is 0 Å². The second-order valence-electron chi connectivity index (χ2n) is 6.60. The smallest absolute Gasteiger partial charge is 0.266 e. The van der Waals surface area contributed by atoms with Crippen molar-refractivity contribution < 1.29 is 31.4 Å². The maximum Gasteiger partial charge on any atom is 0.266 e. The first-order valence-electron chi connectivity index (χ1n) is 9.32. The molecule has 9 nitrogen and oxygen atoms in total. The minimum Gasteiger partial charge on any atom is -0.496 e. The number of ether oxygens (including phenoxy) is 3. The summed E-state index contributed by atoms with van der Waals surface area (Å²) in [4.78, 5) is 2.78. The van der Waals surface area contributed by atoms with Crippen LogP contribution in [0.15, 0.2) is 47.6 Å². The van der Waals surface area contributed by atoms with Crippen LogP contribution in [0.5, 0.6) is 11.5 Å². The van der Waals surface area contributed by atoms with E-state index in [9.17, 15) is 17.2 Å². The van der Waals surface area contributed by atoms with Gasteiger partial charge in [0.15, 0.2) is 11.6 Å². The summed E-state index contributed by atoms with van der Waals surface area (Å²) in [6.07, 6.45) is 0.114. The highest BCUT2D eigenvalue weighted by atomic mass is 32.2. The lowest BCUT2D eigenvalue weighted by molar-refractivity contribution is -0.125. The number of anilines is 1. The molecule has 1 aromatic heterocycles. The third-order valence-corrected chi connectivity index (χ3v) is 6.66. The van der Waals surface area contributed by atoms with Crippen LogP contribution in [0.2, 0.25) is 0 Å². The summed E-state index contributed by atoms with van der Waals surface area (Å²) in [6.45, 7) is 0.784.